The number of hydrogen-bond acceptors (Lipinski definition) is 4. The van der Waals surface area contributed by atoms with Gasteiger partial charge in [-0.1, -0.05) is 13.8 Å². The van der Waals surface area contributed by atoms with Crippen LogP contribution in [0.25, 0.3) is 0 Å². The maximum atomic E-state index is 11.3. The van der Waals surface area contributed by atoms with Crippen LogP contribution in [0, 0.1) is 5.92 Å². The van der Waals surface area contributed by atoms with E-state index >= 15 is 0 Å². The van der Waals surface area contributed by atoms with Crippen LogP contribution in [0.5, 0.6) is 0 Å². The van der Waals surface area contributed by atoms with Crippen molar-refractivity contribution < 1.29 is 13.5 Å². The molecule has 18 heavy (non-hydrogen) atoms. The van der Waals surface area contributed by atoms with Crippen LogP contribution in [0.2, 0.25) is 0 Å². The minimum absolute atomic E-state index is 0.307. The van der Waals surface area contributed by atoms with Gasteiger partial charge in [0.1, 0.15) is 0 Å². The number of aliphatic hydroxyl groups is 1. The molecule has 1 atom stereocenters. The molecule has 1 rings (SSSR count). The molecular weight excluding hydrogens is 252 g/mol. The lowest BCUT2D eigenvalue weighted by Gasteiger charge is -2.31. The molecule has 1 aliphatic rings. The summed E-state index contributed by atoms with van der Waals surface area (Å²) in [4.78, 5) is 0. The smallest absolute Gasteiger partial charge is 0.211 e. The quantitative estimate of drug-likeness (QED) is 0.738. The number of sulfonamides is 1. The lowest BCUT2D eigenvalue weighted by Crippen LogP contribution is -2.46. The topological polar surface area (TPSA) is 69.6 Å². The van der Waals surface area contributed by atoms with Gasteiger partial charge in [-0.05, 0) is 25.2 Å². The third-order valence-electron chi connectivity index (χ3n) is 3.31. The van der Waals surface area contributed by atoms with Crippen molar-refractivity contribution >= 4 is 10.0 Å². The first-order valence-electron chi connectivity index (χ1n) is 6.65. The Morgan fingerprint density at radius 3 is 2.33 bits per heavy atom. The Morgan fingerprint density at radius 1 is 1.33 bits per heavy atom. The van der Waals surface area contributed by atoms with Gasteiger partial charge >= 0.3 is 0 Å². The Kier molecular flexibility index (Phi) is 6.04. The summed E-state index contributed by atoms with van der Waals surface area (Å²) in [6.07, 6.45) is 3.39. The van der Waals surface area contributed by atoms with Gasteiger partial charge in [-0.3, -0.25) is 0 Å². The van der Waals surface area contributed by atoms with E-state index in [4.69, 9.17) is 0 Å². The Labute approximate surface area is 111 Å². The van der Waals surface area contributed by atoms with Crippen molar-refractivity contribution in [1.29, 1.82) is 0 Å². The molecule has 0 aliphatic carbocycles. The van der Waals surface area contributed by atoms with E-state index < -0.39 is 10.0 Å². The van der Waals surface area contributed by atoms with Crippen LogP contribution in [0.15, 0.2) is 0 Å². The van der Waals surface area contributed by atoms with Crippen molar-refractivity contribution in [3.63, 3.8) is 0 Å². The van der Waals surface area contributed by atoms with Crippen molar-refractivity contribution in [1.82, 2.24) is 9.62 Å². The number of rotatable bonds is 6. The molecule has 0 radical (unpaired) electrons. The number of aliphatic hydroxyl groups excluding tert-OH is 1. The summed E-state index contributed by atoms with van der Waals surface area (Å²) in [7, 11) is -3.04. The fraction of sp³-hybridized carbons (Fsp3) is 1.00. The van der Waals surface area contributed by atoms with Crippen LogP contribution in [0.1, 0.15) is 33.1 Å². The van der Waals surface area contributed by atoms with Crippen LogP contribution in [-0.2, 0) is 10.0 Å². The summed E-state index contributed by atoms with van der Waals surface area (Å²) in [6, 6.07) is 0.324. The van der Waals surface area contributed by atoms with Crippen molar-refractivity contribution in [2.45, 2.75) is 45.3 Å². The highest BCUT2D eigenvalue weighted by atomic mass is 32.2. The van der Waals surface area contributed by atoms with Gasteiger partial charge in [-0.25, -0.2) is 12.7 Å². The molecule has 5 nitrogen and oxygen atoms in total. The molecule has 0 amide bonds. The van der Waals surface area contributed by atoms with E-state index in [0.29, 0.717) is 31.6 Å². The normalized spacial score (nSPS) is 21.4. The maximum Gasteiger partial charge on any atom is 0.211 e. The van der Waals surface area contributed by atoms with Crippen molar-refractivity contribution in [3.8, 4) is 0 Å². The molecule has 1 aliphatic heterocycles. The minimum Gasteiger partial charge on any atom is -0.392 e. The number of hydrogen-bond donors (Lipinski definition) is 2. The highest BCUT2D eigenvalue weighted by Crippen LogP contribution is 2.13. The molecule has 0 aromatic carbocycles. The average Bonchev–Trinajstić information content (AvgIpc) is 2.25. The molecule has 0 spiro atoms. The van der Waals surface area contributed by atoms with Gasteiger partial charge in [0.15, 0.2) is 0 Å². The highest BCUT2D eigenvalue weighted by molar-refractivity contribution is 7.88. The van der Waals surface area contributed by atoms with E-state index in [2.05, 4.69) is 19.2 Å². The van der Waals surface area contributed by atoms with Crippen LogP contribution >= 0.6 is 0 Å². The molecule has 1 heterocycles. The predicted molar refractivity (Wildman–Crippen MR) is 72.9 cm³/mol. The van der Waals surface area contributed by atoms with Gasteiger partial charge in [0, 0.05) is 25.7 Å². The summed E-state index contributed by atoms with van der Waals surface area (Å²) in [5, 5.41) is 13.1. The Morgan fingerprint density at radius 2 is 1.89 bits per heavy atom. The number of piperidine rings is 1. The molecule has 6 heteroatoms. The molecule has 1 fully saturated rings. The Balaban J connectivity index is 2.24. The molecule has 0 saturated carbocycles. The van der Waals surface area contributed by atoms with Crippen LogP contribution in [0.4, 0.5) is 0 Å². The molecule has 0 aromatic heterocycles. The standard InChI is InChI=1S/C12H26N2O3S/c1-10(2)8-12(15)9-13-11-4-6-14(7-5-11)18(3,16)17/h10-13,15H,4-9H2,1-3H3. The van der Waals surface area contributed by atoms with Gasteiger partial charge in [-0.15, -0.1) is 0 Å². The van der Waals surface area contributed by atoms with Crippen LogP contribution in [-0.4, -0.2) is 55.9 Å². The molecule has 0 aromatic rings. The van der Waals surface area contributed by atoms with E-state index in [-0.39, 0.29) is 6.10 Å². The zero-order valence-electron chi connectivity index (χ0n) is 11.6. The van der Waals surface area contributed by atoms with Crippen LogP contribution < -0.4 is 5.32 Å². The second-order valence-corrected chi connectivity index (χ2v) is 7.61. The van der Waals surface area contributed by atoms with Crippen LogP contribution in [0.3, 0.4) is 0 Å². The number of nitrogens with one attached hydrogen (secondary N) is 1. The maximum absolute atomic E-state index is 11.3. The fourth-order valence-corrected chi connectivity index (χ4v) is 3.20. The molecule has 0 bridgehead atoms. The Bertz CT molecular complexity index is 335. The van der Waals surface area contributed by atoms with Gasteiger partial charge in [0.25, 0.3) is 0 Å². The monoisotopic (exact) mass is 278 g/mol. The third-order valence-corrected chi connectivity index (χ3v) is 4.61. The molecular formula is C12H26N2O3S. The summed E-state index contributed by atoms with van der Waals surface area (Å²) in [5.41, 5.74) is 0. The van der Waals surface area contributed by atoms with Crippen molar-refractivity contribution in [2.75, 3.05) is 25.9 Å². The van der Waals surface area contributed by atoms with Crippen molar-refractivity contribution in [3.05, 3.63) is 0 Å². The van der Waals surface area contributed by atoms with E-state index in [1.54, 1.807) is 0 Å². The first-order valence-corrected chi connectivity index (χ1v) is 8.50. The molecule has 2 N–H and O–H groups in total. The van der Waals surface area contributed by atoms with Gasteiger partial charge < -0.3 is 10.4 Å². The van der Waals surface area contributed by atoms with Gasteiger partial charge in [0.05, 0.1) is 12.4 Å². The van der Waals surface area contributed by atoms with E-state index in [1.807, 2.05) is 0 Å². The largest absolute Gasteiger partial charge is 0.392 e. The lowest BCUT2D eigenvalue weighted by molar-refractivity contribution is 0.137. The third kappa shape index (κ3) is 5.65. The predicted octanol–water partition coefficient (Wildman–Crippen LogP) is 0.407. The highest BCUT2D eigenvalue weighted by Gasteiger charge is 2.24. The van der Waals surface area contributed by atoms with E-state index in [0.717, 1.165) is 19.3 Å². The van der Waals surface area contributed by atoms with Gasteiger partial charge in [-0.2, -0.15) is 0 Å². The second-order valence-electron chi connectivity index (χ2n) is 5.63. The van der Waals surface area contributed by atoms with Crippen molar-refractivity contribution in [2.24, 2.45) is 5.92 Å². The fourth-order valence-electron chi connectivity index (χ4n) is 2.32. The molecule has 1 saturated heterocycles. The summed E-state index contributed by atoms with van der Waals surface area (Å²) in [5.74, 6) is 0.494. The SMILES string of the molecule is CC(C)CC(O)CNC1CCN(S(C)(=O)=O)CC1. The van der Waals surface area contributed by atoms with E-state index in [9.17, 15) is 13.5 Å². The first-order chi connectivity index (χ1) is 8.29. The average molecular weight is 278 g/mol. The second kappa shape index (κ2) is 6.84. The Hall–Kier alpha value is -0.170. The van der Waals surface area contributed by atoms with E-state index in [1.165, 1.54) is 10.6 Å². The summed E-state index contributed by atoms with van der Waals surface area (Å²) < 4.78 is 24.2. The molecule has 108 valence electrons. The minimum atomic E-state index is -3.04. The molecule has 1 unspecified atom stereocenters. The summed E-state index contributed by atoms with van der Waals surface area (Å²) >= 11 is 0. The first kappa shape index (κ1) is 15.9. The summed E-state index contributed by atoms with van der Waals surface area (Å²) in [6.45, 7) is 5.94. The zero-order chi connectivity index (χ0) is 13.8. The lowest BCUT2D eigenvalue weighted by atomic mass is 10.0. The van der Waals surface area contributed by atoms with Gasteiger partial charge in [0.2, 0.25) is 10.0 Å². The number of nitrogens with zero attached hydrogens (tertiary/aromatic N) is 1. The zero-order valence-corrected chi connectivity index (χ0v) is 12.4.